The lowest BCUT2D eigenvalue weighted by molar-refractivity contribution is -0.142. The maximum atomic E-state index is 14.2. The maximum absolute atomic E-state index is 14.2. The molecule has 92 heavy (non-hydrogen) atoms. The summed E-state index contributed by atoms with van der Waals surface area (Å²) in [6.07, 6.45) is -8.72. The highest BCUT2D eigenvalue weighted by molar-refractivity contribution is 7.61. The van der Waals surface area contributed by atoms with Crippen molar-refractivity contribution < 1.29 is 102 Å². The van der Waals surface area contributed by atoms with Gasteiger partial charge in [-0.25, -0.2) is 43.6 Å². The fourth-order valence-corrected chi connectivity index (χ4v) is 11.8. The molecule has 2 aromatic carbocycles. The molecule has 494 valence electrons. The van der Waals surface area contributed by atoms with Crippen molar-refractivity contribution in [1.82, 2.24) is 69.7 Å². The number of anilines is 1. The maximum Gasteiger partial charge on any atom is 0.481 e. The van der Waals surface area contributed by atoms with Gasteiger partial charge in [0.05, 0.1) is 49.8 Å². The number of H-pyrrole nitrogens is 2. The molecular formula is C51H62N16O23P2. The molecule has 1 fully saturated rings. The van der Waals surface area contributed by atoms with Crippen molar-refractivity contribution in [2.45, 2.75) is 106 Å². The van der Waals surface area contributed by atoms with Crippen LogP contribution in [0.3, 0.4) is 0 Å². The summed E-state index contributed by atoms with van der Waals surface area (Å²) >= 11 is 0. The number of aliphatic hydroxyl groups is 7. The van der Waals surface area contributed by atoms with E-state index in [1.54, 1.807) is 37.4 Å². The van der Waals surface area contributed by atoms with Crippen molar-refractivity contribution in [2.24, 2.45) is 5.73 Å². The third-order valence-electron chi connectivity index (χ3n) is 14.5. The van der Waals surface area contributed by atoms with Crippen LogP contribution in [0.15, 0.2) is 77.4 Å². The molecule has 0 aliphatic carbocycles. The van der Waals surface area contributed by atoms with Crippen molar-refractivity contribution >= 4 is 78.3 Å². The Morgan fingerprint density at radius 3 is 2.30 bits per heavy atom. The molecule has 3 aliphatic rings. The number of benzene rings is 2. The quantitative estimate of drug-likeness (QED) is 0.0154. The number of carbonyl (C=O) groups is 4. The second kappa shape index (κ2) is 28.1. The minimum Gasteiger partial charge on any atom is -0.480 e. The Labute approximate surface area is 515 Å². The number of aliphatic carboxylic acids is 1. The highest BCUT2D eigenvalue weighted by Crippen LogP contribution is 2.60. The van der Waals surface area contributed by atoms with Gasteiger partial charge in [-0.15, -0.1) is 0 Å². The van der Waals surface area contributed by atoms with Crippen molar-refractivity contribution in [3.8, 4) is 11.5 Å². The van der Waals surface area contributed by atoms with E-state index in [9.17, 15) is 88.5 Å². The number of aromatic amines is 2. The van der Waals surface area contributed by atoms with Gasteiger partial charge in [0.25, 0.3) is 5.56 Å². The van der Waals surface area contributed by atoms with E-state index < -0.39 is 168 Å². The number of ether oxygens (including phenoxy) is 1. The summed E-state index contributed by atoms with van der Waals surface area (Å²) in [5.41, 5.74) is 11.4. The van der Waals surface area contributed by atoms with Crippen LogP contribution in [0.5, 0.6) is 0 Å². The highest BCUT2D eigenvalue weighted by Gasteiger charge is 2.47. The van der Waals surface area contributed by atoms with Gasteiger partial charge in [0.1, 0.15) is 84.8 Å². The zero-order chi connectivity index (χ0) is 66.7. The van der Waals surface area contributed by atoms with Crippen LogP contribution in [0, 0.1) is 6.92 Å². The van der Waals surface area contributed by atoms with Gasteiger partial charge in [-0.1, -0.05) is 18.2 Å². The number of para-hydroxylation sites is 1. The van der Waals surface area contributed by atoms with Gasteiger partial charge >= 0.3 is 27.3 Å². The average molecular weight is 1330 g/mol. The number of carbonyl (C=O) groups excluding carboxylic acids is 3. The Balaban J connectivity index is 0.871. The lowest BCUT2D eigenvalue weighted by Crippen LogP contribution is -2.60. The number of hydrogen-bond acceptors (Lipinski definition) is 28. The summed E-state index contributed by atoms with van der Waals surface area (Å²) in [6.45, 7) is -1.45. The summed E-state index contributed by atoms with van der Waals surface area (Å²) in [6, 6.07) is 3.64. The molecule has 0 saturated carbocycles. The Morgan fingerprint density at radius 1 is 0.859 bits per heavy atom. The van der Waals surface area contributed by atoms with Gasteiger partial charge < -0.3 is 97.2 Å². The molecule has 4 aromatic heterocycles. The van der Waals surface area contributed by atoms with Crippen LogP contribution < -0.4 is 43.5 Å². The number of fused-ring (bicyclic) bond motifs is 4. The number of imidazole rings is 2. The van der Waals surface area contributed by atoms with Crippen LogP contribution in [0.4, 0.5) is 5.82 Å². The van der Waals surface area contributed by atoms with E-state index in [0.29, 0.717) is 27.6 Å². The first kappa shape index (κ1) is 67.8. The van der Waals surface area contributed by atoms with Gasteiger partial charge in [-0.2, -0.15) is 14.0 Å². The number of carboxylic acids is 1. The molecule has 0 spiro atoms. The van der Waals surface area contributed by atoms with Gasteiger partial charge in [-0.05, 0) is 48.7 Å². The largest absolute Gasteiger partial charge is 0.481 e. The van der Waals surface area contributed by atoms with E-state index >= 15 is 0 Å². The monoisotopic (exact) mass is 1330 g/mol. The number of carboxylic acid groups (broad SMARTS) is 1. The van der Waals surface area contributed by atoms with Gasteiger partial charge in [-0.3, -0.25) is 37.8 Å². The topological polar surface area (TPSA) is 597 Å². The van der Waals surface area contributed by atoms with E-state index in [-0.39, 0.29) is 46.7 Å². The Kier molecular flexibility index (Phi) is 20.7. The molecule has 39 nitrogen and oxygen atoms in total. The van der Waals surface area contributed by atoms with Crippen LogP contribution in [0.2, 0.25) is 0 Å². The lowest BCUT2D eigenvalue weighted by Gasteiger charge is -2.26. The van der Waals surface area contributed by atoms with E-state index in [0.717, 1.165) is 18.0 Å². The number of aryl methyl sites for hydroxylation is 1. The minimum atomic E-state index is -5.70. The minimum absolute atomic E-state index is 0.0104. The predicted molar refractivity (Wildman–Crippen MR) is 311 cm³/mol. The molecule has 3 unspecified atom stereocenters. The molecule has 6 aromatic rings. The summed E-state index contributed by atoms with van der Waals surface area (Å²) < 4.78 is 48.4. The number of nitrogen functional groups attached to an aromatic ring is 1. The molecule has 19 N–H and O–H groups in total. The molecule has 3 amide bonds. The summed E-state index contributed by atoms with van der Waals surface area (Å²) in [4.78, 5) is 135. The zero-order valence-electron chi connectivity index (χ0n) is 48.1. The first-order valence-corrected chi connectivity index (χ1v) is 30.5. The molecule has 0 bridgehead atoms. The second-order valence-electron chi connectivity index (χ2n) is 21.2. The van der Waals surface area contributed by atoms with Gasteiger partial charge in [0, 0.05) is 42.7 Å². The smallest absolute Gasteiger partial charge is 0.480 e. The number of aromatic nitrogens is 11. The standard InChI is InChI=1S/C51H62N16O23P2/c1-21-7-29-32(9-24(21)12-65-13-25(57-19-65)10-30(60-47(77)36(22(2)69)62-45(75)27(52)14-68)46(76)61-31(50(79)80)8-23-11-54-28-6-4-3-5-26(23)28)67(44-38(59-29)48(78)64-51(81)63-44)86-15-33(70)39(72)34(71)16-87-91(82,83)90-92(84,85)88-17-35-40(73)41(74)49(89-35)66-20-58-37-42(53)55-18-56-43(37)66/h3-7,9,11,13,18-20,22,27,30-31,33-36,39-41,49,54,68-74H,8,10,12,14-17,52H2,1-2H3,(H,60,77)(H,61,76)(H,62,75)(H,79,80)(H,82,83)(H,84,85)(H2,53,55,56)(H,64,78,81)/t22-,27+,30?,31+,33-,34+,35-,36+,39-,40-,41-,49-/m1/s1. The first-order chi connectivity index (χ1) is 43.5. The highest BCUT2D eigenvalue weighted by atomic mass is 31.3. The number of nitrogens with one attached hydrogen (secondary N) is 5. The predicted octanol–water partition coefficient (Wildman–Crippen LogP) is -5.55. The average Bonchev–Trinajstić information content (AvgIpc) is 1.39. The molecular weight excluding hydrogens is 1270 g/mol. The van der Waals surface area contributed by atoms with Crippen LogP contribution in [-0.2, 0) is 65.8 Å². The van der Waals surface area contributed by atoms with Crippen molar-refractivity contribution in [1.29, 1.82) is 0 Å². The number of rotatable bonds is 29. The second-order valence-corrected chi connectivity index (χ2v) is 24.2. The Bertz CT molecular complexity index is 4220. The van der Waals surface area contributed by atoms with E-state index in [2.05, 4.69) is 59.7 Å². The summed E-state index contributed by atoms with van der Waals surface area (Å²) in [5, 5.41) is 92.1. The molecule has 41 heteroatoms. The van der Waals surface area contributed by atoms with Crippen LogP contribution >= 0.6 is 15.6 Å². The fraction of sp³-hybridized carbons (Fsp3) is 0.412. The number of nitrogens with zero attached hydrogens (tertiary/aromatic N) is 9. The van der Waals surface area contributed by atoms with E-state index in [1.807, 2.05) is 4.98 Å². The molecule has 7 heterocycles. The van der Waals surface area contributed by atoms with Crippen molar-refractivity contribution in [3.05, 3.63) is 111 Å². The van der Waals surface area contributed by atoms with Crippen LogP contribution in [0.25, 0.3) is 44.6 Å². The zero-order valence-corrected chi connectivity index (χ0v) is 49.9. The van der Waals surface area contributed by atoms with Crippen molar-refractivity contribution in [2.75, 3.05) is 32.2 Å². The molecule has 0 radical (unpaired) electrons. The van der Waals surface area contributed by atoms with Gasteiger partial charge in [0.15, 0.2) is 23.4 Å². The SMILES string of the molecule is Cc1cc2nc3c(=O)[nH]c(=O)nc-3n(OC[C@@H](O)[C@@H](O)[C@@H](O)COP(=O)(O)OP(=O)(O)OC[C@H]3O[C@@H](n4cnc5c(N)ncnc54)[C@H](O)[C@@H]3O)c2cc1Cn1cnc(CC(NC(=O)[C@@H](NC(=O)[C@@H](N)CO)[C@@H](C)O)C(=O)N[C@@H](Cc2c[nH]c3ccccc23)C(=O)O)c1. The number of nitrogens with two attached hydrogens (primary N) is 2. The molecule has 3 aliphatic heterocycles. The van der Waals surface area contributed by atoms with E-state index in [1.165, 1.54) is 40.1 Å². The Hall–Kier alpha value is -8.60. The lowest BCUT2D eigenvalue weighted by atomic mass is 10.0. The molecule has 1 saturated heterocycles. The first-order valence-electron chi connectivity index (χ1n) is 27.5. The Morgan fingerprint density at radius 2 is 1.58 bits per heavy atom. The van der Waals surface area contributed by atoms with Gasteiger partial charge in [0.2, 0.25) is 23.5 Å². The molecule has 14 atom stereocenters. The number of phosphoric acid groups is 2. The third kappa shape index (κ3) is 15.5. The molecule has 9 rings (SSSR count). The number of phosphoric ester groups is 2. The summed E-state index contributed by atoms with van der Waals surface area (Å²) in [5.74, 6) is -5.06. The normalized spacial score (nSPS) is 20.0. The van der Waals surface area contributed by atoms with E-state index in [4.69, 9.17) is 25.6 Å². The van der Waals surface area contributed by atoms with Crippen molar-refractivity contribution in [3.63, 3.8) is 0 Å². The number of aliphatic hydroxyl groups excluding tert-OH is 7. The summed E-state index contributed by atoms with van der Waals surface area (Å²) in [7, 11) is -11.3. The number of hydrogen-bond donors (Lipinski definition) is 17. The number of amides is 3. The third-order valence-corrected chi connectivity index (χ3v) is 17.1. The van der Waals surface area contributed by atoms with Crippen LogP contribution in [0.1, 0.15) is 35.5 Å². The van der Waals surface area contributed by atoms with Crippen LogP contribution in [-0.4, -0.2) is 221 Å². The fourth-order valence-electron chi connectivity index (χ4n) is 9.68.